The Morgan fingerprint density at radius 3 is 1.66 bits per heavy atom. The van der Waals surface area contributed by atoms with Gasteiger partial charge in [0.15, 0.2) is 0 Å². The number of hydrogen-bond donors (Lipinski definition) is 0. The van der Waals surface area contributed by atoms with E-state index < -0.39 is 0 Å². The van der Waals surface area contributed by atoms with Gasteiger partial charge in [-0.1, -0.05) is 127 Å². The molecule has 2 heteroatoms. The van der Waals surface area contributed by atoms with Gasteiger partial charge in [0.25, 0.3) is 0 Å². The molecule has 0 saturated carbocycles. The summed E-state index contributed by atoms with van der Waals surface area (Å²) in [5, 5.41) is 0. The first-order valence-electron chi connectivity index (χ1n) is 14.0. The molecule has 0 saturated heterocycles. The number of nitrogens with zero attached hydrogens (tertiary/aromatic N) is 1. The molecule has 1 nitrogen and oxygen atoms in total. The first kappa shape index (κ1) is 25.6. The van der Waals surface area contributed by atoms with Gasteiger partial charge in [-0.05, 0) is 93.0 Å². The Balaban J connectivity index is 1.34. The molecule has 0 aliphatic heterocycles. The monoisotopic (exact) mass is 591 g/mol. The van der Waals surface area contributed by atoms with E-state index in [1.807, 2.05) is 0 Å². The first-order valence-corrected chi connectivity index (χ1v) is 14.8. The third-order valence-corrected chi connectivity index (χ3v) is 8.83. The van der Waals surface area contributed by atoms with Crippen LogP contribution in [-0.2, 0) is 5.41 Å². The molecule has 1 aliphatic carbocycles. The quantitative estimate of drug-likeness (QED) is 0.193. The van der Waals surface area contributed by atoms with E-state index in [4.69, 9.17) is 0 Å². The Morgan fingerprint density at radius 1 is 0.439 bits per heavy atom. The second kappa shape index (κ2) is 10.2. The normalized spacial score (nSPS) is 13.0. The predicted octanol–water partition coefficient (Wildman–Crippen LogP) is 11.6. The van der Waals surface area contributed by atoms with E-state index in [9.17, 15) is 0 Å². The predicted molar refractivity (Wildman–Crippen MR) is 177 cm³/mol. The van der Waals surface area contributed by atoms with Crippen molar-refractivity contribution in [3.05, 3.63) is 161 Å². The van der Waals surface area contributed by atoms with E-state index in [0.29, 0.717) is 0 Å². The highest BCUT2D eigenvalue weighted by atomic mass is 79.9. The maximum atomic E-state index is 3.62. The Morgan fingerprint density at radius 2 is 0.976 bits per heavy atom. The maximum Gasteiger partial charge on any atom is 0.0465 e. The third kappa shape index (κ3) is 4.59. The van der Waals surface area contributed by atoms with Crippen LogP contribution in [0.2, 0.25) is 0 Å². The molecule has 0 amide bonds. The number of fused-ring (bicyclic) bond motifs is 3. The fraction of sp³-hybridized carbons (Fsp3) is 0.0769. The standard InChI is InChI=1S/C39H30BrN/c1-39(2)37-14-7-6-13-35(37)36-24-23-34(26-38(36)39)41(32-19-15-28(16-20-32)27-9-4-3-5-10-27)33-21-17-29(18-22-33)30-11-8-12-31(40)25-30/h3-26H,1-2H3. The molecule has 7 rings (SSSR count). The van der Waals surface area contributed by atoms with Crippen LogP contribution in [0.4, 0.5) is 17.1 Å². The summed E-state index contributed by atoms with van der Waals surface area (Å²) in [5.41, 5.74) is 13.6. The van der Waals surface area contributed by atoms with Crippen LogP contribution in [0.15, 0.2) is 150 Å². The Bertz CT molecular complexity index is 1850. The van der Waals surface area contributed by atoms with Gasteiger partial charge >= 0.3 is 0 Å². The summed E-state index contributed by atoms with van der Waals surface area (Å²) in [6.07, 6.45) is 0. The Hall–Kier alpha value is -4.40. The van der Waals surface area contributed by atoms with Crippen molar-refractivity contribution in [3.8, 4) is 33.4 Å². The zero-order valence-electron chi connectivity index (χ0n) is 23.2. The van der Waals surface area contributed by atoms with E-state index in [1.165, 1.54) is 44.5 Å². The molecule has 0 bridgehead atoms. The van der Waals surface area contributed by atoms with E-state index in [2.05, 4.69) is 180 Å². The molecule has 6 aromatic rings. The van der Waals surface area contributed by atoms with E-state index in [-0.39, 0.29) is 5.41 Å². The summed E-state index contributed by atoms with van der Waals surface area (Å²) in [5.74, 6) is 0. The zero-order chi connectivity index (χ0) is 28.0. The van der Waals surface area contributed by atoms with E-state index >= 15 is 0 Å². The number of benzene rings is 6. The Kier molecular flexibility index (Phi) is 6.37. The van der Waals surface area contributed by atoms with Gasteiger partial charge in [0, 0.05) is 26.9 Å². The Labute approximate surface area is 250 Å². The topological polar surface area (TPSA) is 3.24 Å². The van der Waals surface area contributed by atoms with Gasteiger partial charge in [0.1, 0.15) is 0 Å². The molecule has 0 atom stereocenters. The van der Waals surface area contributed by atoms with Crippen molar-refractivity contribution in [1.29, 1.82) is 0 Å². The summed E-state index contributed by atoms with van der Waals surface area (Å²) in [7, 11) is 0. The van der Waals surface area contributed by atoms with Crippen molar-refractivity contribution in [2.75, 3.05) is 4.90 Å². The second-order valence-corrected chi connectivity index (χ2v) is 12.1. The molecule has 0 unspecified atom stereocenters. The van der Waals surface area contributed by atoms with Gasteiger partial charge in [-0.2, -0.15) is 0 Å². The van der Waals surface area contributed by atoms with Gasteiger partial charge in [0.2, 0.25) is 0 Å². The minimum atomic E-state index is -0.0602. The summed E-state index contributed by atoms with van der Waals surface area (Å²) < 4.78 is 1.08. The van der Waals surface area contributed by atoms with Crippen LogP contribution >= 0.6 is 15.9 Å². The maximum absolute atomic E-state index is 3.62. The number of halogens is 1. The van der Waals surface area contributed by atoms with Crippen molar-refractivity contribution in [2.45, 2.75) is 19.3 Å². The van der Waals surface area contributed by atoms with Crippen molar-refractivity contribution in [3.63, 3.8) is 0 Å². The van der Waals surface area contributed by atoms with Crippen LogP contribution in [0.25, 0.3) is 33.4 Å². The molecular weight excluding hydrogens is 562 g/mol. The molecule has 0 radical (unpaired) electrons. The average molecular weight is 593 g/mol. The highest BCUT2D eigenvalue weighted by Gasteiger charge is 2.35. The molecule has 0 spiro atoms. The lowest BCUT2D eigenvalue weighted by Gasteiger charge is -2.28. The smallest absolute Gasteiger partial charge is 0.0465 e. The van der Waals surface area contributed by atoms with Gasteiger partial charge in [-0.25, -0.2) is 0 Å². The van der Waals surface area contributed by atoms with E-state index in [0.717, 1.165) is 21.5 Å². The summed E-state index contributed by atoms with van der Waals surface area (Å²) in [6, 6.07) is 52.6. The average Bonchev–Trinajstić information content (AvgIpc) is 3.24. The van der Waals surface area contributed by atoms with Gasteiger partial charge in [0.05, 0.1) is 0 Å². The lowest BCUT2D eigenvalue weighted by atomic mass is 9.82. The molecule has 1 aliphatic rings. The fourth-order valence-electron chi connectivity index (χ4n) is 6.18. The lowest BCUT2D eigenvalue weighted by Crippen LogP contribution is -2.16. The molecule has 198 valence electrons. The molecule has 0 aromatic heterocycles. The second-order valence-electron chi connectivity index (χ2n) is 11.2. The van der Waals surface area contributed by atoms with Crippen molar-refractivity contribution in [1.82, 2.24) is 0 Å². The fourth-order valence-corrected chi connectivity index (χ4v) is 6.58. The van der Waals surface area contributed by atoms with Gasteiger partial charge < -0.3 is 4.90 Å². The summed E-state index contributed by atoms with van der Waals surface area (Å²) >= 11 is 3.62. The molecule has 0 fully saturated rings. The largest absolute Gasteiger partial charge is 0.310 e. The first-order chi connectivity index (χ1) is 20.0. The molecule has 0 N–H and O–H groups in total. The minimum Gasteiger partial charge on any atom is -0.310 e. The third-order valence-electron chi connectivity index (χ3n) is 8.34. The number of anilines is 3. The van der Waals surface area contributed by atoms with Gasteiger partial charge in [-0.3, -0.25) is 0 Å². The summed E-state index contributed by atoms with van der Waals surface area (Å²) in [4.78, 5) is 2.37. The van der Waals surface area contributed by atoms with Crippen molar-refractivity contribution >= 4 is 33.0 Å². The lowest BCUT2D eigenvalue weighted by molar-refractivity contribution is 0.660. The number of hydrogen-bond acceptors (Lipinski definition) is 1. The van der Waals surface area contributed by atoms with Crippen LogP contribution < -0.4 is 4.90 Å². The van der Waals surface area contributed by atoms with Crippen molar-refractivity contribution in [2.24, 2.45) is 0 Å². The summed E-state index contributed by atoms with van der Waals surface area (Å²) in [6.45, 7) is 4.68. The van der Waals surface area contributed by atoms with Crippen LogP contribution in [0.3, 0.4) is 0 Å². The zero-order valence-corrected chi connectivity index (χ0v) is 24.8. The van der Waals surface area contributed by atoms with Crippen LogP contribution in [0.5, 0.6) is 0 Å². The molecular formula is C39H30BrN. The highest BCUT2D eigenvalue weighted by molar-refractivity contribution is 9.10. The molecule has 41 heavy (non-hydrogen) atoms. The van der Waals surface area contributed by atoms with Crippen LogP contribution in [0.1, 0.15) is 25.0 Å². The molecule has 6 aromatic carbocycles. The van der Waals surface area contributed by atoms with Crippen molar-refractivity contribution < 1.29 is 0 Å². The minimum absolute atomic E-state index is 0.0602. The number of rotatable bonds is 5. The van der Waals surface area contributed by atoms with Crippen LogP contribution in [-0.4, -0.2) is 0 Å². The van der Waals surface area contributed by atoms with Gasteiger partial charge in [-0.15, -0.1) is 0 Å². The SMILES string of the molecule is CC1(C)c2ccccc2-c2ccc(N(c3ccc(-c4ccccc4)cc3)c3ccc(-c4cccc(Br)c4)cc3)cc21. The highest BCUT2D eigenvalue weighted by Crippen LogP contribution is 2.50. The van der Waals surface area contributed by atoms with E-state index in [1.54, 1.807) is 0 Å². The molecule has 0 heterocycles. The van der Waals surface area contributed by atoms with Crippen LogP contribution in [0, 0.1) is 0 Å².